The Bertz CT molecular complexity index is 1370. The summed E-state index contributed by atoms with van der Waals surface area (Å²) < 4.78 is 29.0. The van der Waals surface area contributed by atoms with E-state index in [2.05, 4.69) is 25.2 Å². The Morgan fingerprint density at radius 2 is 1.97 bits per heavy atom. The van der Waals surface area contributed by atoms with Crippen molar-refractivity contribution in [1.82, 2.24) is 19.7 Å². The number of rotatable bonds is 8. The first-order chi connectivity index (χ1) is 15.8. The maximum absolute atomic E-state index is 12.4. The number of sulfonamides is 1. The first-order valence-electron chi connectivity index (χ1n) is 9.42. The number of carbonyl (C=O) groups is 1. The van der Waals surface area contributed by atoms with Gasteiger partial charge in [0.1, 0.15) is 0 Å². The Balaban J connectivity index is 1.35. The molecule has 9 nitrogen and oxygen atoms in total. The van der Waals surface area contributed by atoms with Crippen molar-refractivity contribution in [2.45, 2.75) is 10.1 Å². The van der Waals surface area contributed by atoms with E-state index in [1.54, 1.807) is 22.1 Å². The van der Waals surface area contributed by atoms with Crippen LogP contribution in [0.25, 0.3) is 11.4 Å². The van der Waals surface area contributed by atoms with Gasteiger partial charge < -0.3 is 9.88 Å². The second kappa shape index (κ2) is 9.91. The Kier molecular flexibility index (Phi) is 6.98. The Morgan fingerprint density at radius 1 is 1.18 bits per heavy atom. The number of amides is 1. The van der Waals surface area contributed by atoms with Crippen LogP contribution in [0, 0.1) is 0 Å². The lowest BCUT2D eigenvalue weighted by Gasteiger charge is -2.08. The minimum Gasteiger partial charge on any atom is -0.325 e. The van der Waals surface area contributed by atoms with Crippen LogP contribution in [-0.4, -0.2) is 39.8 Å². The molecule has 0 aliphatic rings. The molecular weight excluding hydrogens is 504 g/mol. The summed E-state index contributed by atoms with van der Waals surface area (Å²) in [6.07, 6.45) is 1.51. The fourth-order valence-electron chi connectivity index (χ4n) is 2.81. The van der Waals surface area contributed by atoms with Crippen molar-refractivity contribution in [2.24, 2.45) is 7.05 Å². The second-order valence-corrected chi connectivity index (χ2v) is 10.6. The van der Waals surface area contributed by atoms with Crippen LogP contribution >= 0.6 is 34.7 Å². The number of halogens is 1. The van der Waals surface area contributed by atoms with E-state index in [4.69, 9.17) is 11.6 Å². The van der Waals surface area contributed by atoms with Gasteiger partial charge in [0.05, 0.1) is 10.6 Å². The molecule has 1 amide bonds. The predicted octanol–water partition coefficient (Wildman–Crippen LogP) is 4.12. The van der Waals surface area contributed by atoms with Crippen LogP contribution in [0.4, 0.5) is 10.8 Å². The van der Waals surface area contributed by atoms with Crippen molar-refractivity contribution < 1.29 is 13.2 Å². The molecule has 0 fully saturated rings. The van der Waals surface area contributed by atoms with Gasteiger partial charge in [0.25, 0.3) is 10.0 Å². The summed E-state index contributed by atoms with van der Waals surface area (Å²) in [5.74, 6) is 0.486. The van der Waals surface area contributed by atoms with Gasteiger partial charge in [0, 0.05) is 34.9 Å². The normalized spacial score (nSPS) is 11.3. The molecular formula is C20H17ClN6O3S3. The molecule has 0 aliphatic carbocycles. The molecule has 33 heavy (non-hydrogen) atoms. The molecule has 0 aliphatic heterocycles. The van der Waals surface area contributed by atoms with Crippen LogP contribution in [0.2, 0.25) is 5.02 Å². The van der Waals surface area contributed by atoms with Crippen LogP contribution in [0.5, 0.6) is 0 Å². The maximum atomic E-state index is 12.4. The van der Waals surface area contributed by atoms with Crippen molar-refractivity contribution in [3.05, 3.63) is 65.1 Å². The highest BCUT2D eigenvalue weighted by Crippen LogP contribution is 2.25. The van der Waals surface area contributed by atoms with Crippen molar-refractivity contribution in [1.29, 1.82) is 0 Å². The van der Waals surface area contributed by atoms with Gasteiger partial charge in [-0.1, -0.05) is 35.5 Å². The molecule has 2 heterocycles. The number of hydrogen-bond acceptors (Lipinski definition) is 8. The van der Waals surface area contributed by atoms with Crippen molar-refractivity contribution in [3.63, 3.8) is 0 Å². The monoisotopic (exact) mass is 520 g/mol. The first-order valence-corrected chi connectivity index (χ1v) is 13.1. The molecule has 0 spiro atoms. The van der Waals surface area contributed by atoms with E-state index in [1.165, 1.54) is 53.6 Å². The van der Waals surface area contributed by atoms with Gasteiger partial charge in [-0.15, -0.1) is 21.5 Å². The van der Waals surface area contributed by atoms with E-state index in [-0.39, 0.29) is 21.7 Å². The van der Waals surface area contributed by atoms with Gasteiger partial charge >= 0.3 is 0 Å². The van der Waals surface area contributed by atoms with Crippen LogP contribution in [-0.2, 0) is 21.9 Å². The summed E-state index contributed by atoms with van der Waals surface area (Å²) >= 11 is 8.46. The number of nitrogens with one attached hydrogen (secondary N) is 2. The number of nitrogens with zero attached hydrogens (tertiary/aromatic N) is 4. The number of anilines is 2. The molecule has 13 heteroatoms. The summed E-state index contributed by atoms with van der Waals surface area (Å²) in [5, 5.41) is 14.2. The molecule has 4 rings (SSSR count). The highest BCUT2D eigenvalue weighted by atomic mass is 35.5. The third-order valence-electron chi connectivity index (χ3n) is 4.35. The van der Waals surface area contributed by atoms with E-state index >= 15 is 0 Å². The van der Waals surface area contributed by atoms with Gasteiger partial charge in [-0.2, -0.15) is 0 Å². The molecule has 0 saturated carbocycles. The summed E-state index contributed by atoms with van der Waals surface area (Å²) in [6.45, 7) is 0. The average Bonchev–Trinajstić information content (AvgIpc) is 3.42. The van der Waals surface area contributed by atoms with Crippen molar-refractivity contribution in [2.75, 3.05) is 15.8 Å². The predicted molar refractivity (Wildman–Crippen MR) is 130 cm³/mol. The third-order valence-corrected chi connectivity index (χ3v) is 7.78. The third kappa shape index (κ3) is 5.71. The van der Waals surface area contributed by atoms with Crippen molar-refractivity contribution >= 4 is 61.4 Å². The molecule has 0 atom stereocenters. The first kappa shape index (κ1) is 23.2. The largest absolute Gasteiger partial charge is 0.325 e. The lowest BCUT2D eigenvalue weighted by molar-refractivity contribution is -0.113. The van der Waals surface area contributed by atoms with E-state index in [1.807, 2.05) is 19.2 Å². The molecule has 0 unspecified atom stereocenters. The molecule has 0 bridgehead atoms. The molecule has 0 saturated heterocycles. The molecule has 170 valence electrons. The van der Waals surface area contributed by atoms with E-state index in [0.717, 1.165) is 5.56 Å². The number of benzene rings is 2. The van der Waals surface area contributed by atoms with Gasteiger partial charge in [-0.3, -0.25) is 9.52 Å². The Hall–Kier alpha value is -2.93. The molecule has 2 aromatic heterocycles. The summed E-state index contributed by atoms with van der Waals surface area (Å²) in [5.41, 5.74) is 1.31. The molecule has 2 aromatic carbocycles. The SMILES string of the molecule is Cn1c(SCC(=O)Nc2ccc(S(=O)(=O)Nc3nccs3)cc2)nnc1-c1cccc(Cl)c1. The number of hydrogen-bond donors (Lipinski definition) is 2. The van der Waals surface area contributed by atoms with Gasteiger partial charge in [0.2, 0.25) is 5.91 Å². The quantitative estimate of drug-likeness (QED) is 0.335. The Labute approximate surface area is 203 Å². The van der Waals surface area contributed by atoms with Crippen LogP contribution in [0.15, 0.2) is 70.2 Å². The van der Waals surface area contributed by atoms with Gasteiger partial charge in [0.15, 0.2) is 16.1 Å². The zero-order valence-corrected chi connectivity index (χ0v) is 20.3. The highest BCUT2D eigenvalue weighted by Gasteiger charge is 2.16. The summed E-state index contributed by atoms with van der Waals surface area (Å²) in [7, 11) is -1.93. The fourth-order valence-corrected chi connectivity index (χ4v) is 5.50. The van der Waals surface area contributed by atoms with E-state index in [0.29, 0.717) is 21.7 Å². The average molecular weight is 521 g/mol. The topological polar surface area (TPSA) is 119 Å². The van der Waals surface area contributed by atoms with Gasteiger partial charge in [-0.05, 0) is 36.4 Å². The van der Waals surface area contributed by atoms with Crippen LogP contribution in [0.1, 0.15) is 0 Å². The van der Waals surface area contributed by atoms with E-state index < -0.39 is 10.0 Å². The van der Waals surface area contributed by atoms with E-state index in [9.17, 15) is 13.2 Å². The van der Waals surface area contributed by atoms with Crippen molar-refractivity contribution in [3.8, 4) is 11.4 Å². The molecule has 2 N–H and O–H groups in total. The van der Waals surface area contributed by atoms with Crippen LogP contribution < -0.4 is 10.0 Å². The van der Waals surface area contributed by atoms with Crippen LogP contribution in [0.3, 0.4) is 0 Å². The number of thioether (sulfide) groups is 1. The maximum Gasteiger partial charge on any atom is 0.263 e. The molecule has 0 radical (unpaired) electrons. The standard InChI is InChI=1S/C20H17ClN6O3S3/c1-27-18(13-3-2-4-14(21)11-13)24-25-20(27)32-12-17(28)23-15-5-7-16(8-6-15)33(29,30)26-19-22-9-10-31-19/h2-11H,12H2,1H3,(H,22,26)(H,23,28). The fraction of sp³-hybridized carbons (Fsp3) is 0.100. The number of thiazole rings is 1. The second-order valence-electron chi connectivity index (χ2n) is 6.68. The highest BCUT2D eigenvalue weighted by molar-refractivity contribution is 7.99. The summed E-state index contributed by atoms with van der Waals surface area (Å²) in [6, 6.07) is 13.2. The number of aromatic nitrogens is 4. The summed E-state index contributed by atoms with van der Waals surface area (Å²) in [4.78, 5) is 16.3. The zero-order chi connectivity index (χ0) is 23.4. The lowest BCUT2D eigenvalue weighted by atomic mass is 10.2. The molecule has 4 aromatic rings. The Morgan fingerprint density at radius 3 is 2.67 bits per heavy atom. The lowest BCUT2D eigenvalue weighted by Crippen LogP contribution is -2.15. The minimum absolute atomic E-state index is 0.0673. The smallest absolute Gasteiger partial charge is 0.263 e. The minimum atomic E-state index is -3.75. The number of carbonyl (C=O) groups excluding carboxylic acids is 1. The zero-order valence-electron chi connectivity index (χ0n) is 17.1. The van der Waals surface area contributed by atoms with Gasteiger partial charge in [-0.25, -0.2) is 13.4 Å².